The largest absolute Gasteiger partial charge is 0.288 e. The van der Waals surface area contributed by atoms with E-state index in [0.717, 1.165) is 4.83 Å². The van der Waals surface area contributed by atoms with Crippen LogP contribution < -0.4 is 4.57 Å². The van der Waals surface area contributed by atoms with Gasteiger partial charge in [0.25, 0.3) is 6.33 Å². The summed E-state index contributed by atoms with van der Waals surface area (Å²) < 4.78 is 2.09. The molecule has 0 atom stereocenters. The maximum Gasteiger partial charge on any atom is 0.288 e. The van der Waals surface area contributed by atoms with Crippen molar-refractivity contribution in [3.8, 4) is 11.3 Å². The predicted octanol–water partition coefficient (Wildman–Crippen LogP) is 3.10. The minimum absolute atomic E-state index is 1.10. The first-order chi connectivity index (χ1) is 8.27. The van der Waals surface area contributed by atoms with Gasteiger partial charge in [-0.15, -0.1) is 0 Å². The van der Waals surface area contributed by atoms with Crippen molar-refractivity contribution in [3.05, 3.63) is 47.6 Å². The van der Waals surface area contributed by atoms with Gasteiger partial charge in [-0.2, -0.15) is 0 Å². The molecule has 1 aromatic carbocycles. The second-order valence-electron chi connectivity index (χ2n) is 4.16. The van der Waals surface area contributed by atoms with Gasteiger partial charge < -0.3 is 0 Å². The summed E-state index contributed by atoms with van der Waals surface area (Å²) in [4.78, 5) is 5.54. The molecule has 2 aromatic heterocycles. The maximum atomic E-state index is 4.44. The van der Waals surface area contributed by atoms with Crippen LogP contribution in [0.5, 0.6) is 0 Å². The Labute approximate surface area is 104 Å². The summed E-state index contributed by atoms with van der Waals surface area (Å²) in [6, 6.07) is 10.6. The molecule has 3 aromatic rings. The van der Waals surface area contributed by atoms with Crippen LogP contribution in [0, 0.1) is 6.92 Å². The highest BCUT2D eigenvalue weighted by atomic mass is 32.1. The lowest BCUT2D eigenvalue weighted by Crippen LogP contribution is -2.31. The molecule has 0 saturated heterocycles. The number of hydrogen-bond donors (Lipinski definition) is 0. The lowest BCUT2D eigenvalue weighted by Gasteiger charge is -2.06. The molecule has 17 heavy (non-hydrogen) atoms. The minimum atomic E-state index is 1.10. The fourth-order valence-electron chi connectivity index (χ4n) is 2.14. The fraction of sp³-hybridized carbons (Fsp3) is 0.143. The standard InChI is InChI=1S/C14H13N2S/c1-10-5-3-4-6-11(10)13-12-7-8-17-14(12)15-9-16(13)2/h3-9H,1-2H3/q+1. The van der Waals surface area contributed by atoms with Gasteiger partial charge in [-0.25, -0.2) is 4.57 Å². The molecule has 0 radical (unpaired) electrons. The lowest BCUT2D eigenvalue weighted by molar-refractivity contribution is -0.662. The lowest BCUT2D eigenvalue weighted by atomic mass is 10.0. The molecular formula is C14H13N2S+. The quantitative estimate of drug-likeness (QED) is 0.598. The second-order valence-corrected chi connectivity index (χ2v) is 5.05. The van der Waals surface area contributed by atoms with Crippen molar-refractivity contribution in [2.24, 2.45) is 7.05 Å². The monoisotopic (exact) mass is 241 g/mol. The SMILES string of the molecule is Cc1ccccc1-c1c2ccsc2nc[n+]1C. The summed E-state index contributed by atoms with van der Waals surface area (Å²) in [5, 5.41) is 3.33. The molecule has 84 valence electrons. The van der Waals surface area contributed by atoms with Crippen LogP contribution in [0.4, 0.5) is 0 Å². The molecule has 0 amide bonds. The third-order valence-corrected chi connectivity index (χ3v) is 3.82. The Bertz CT molecular complexity index is 686. The summed E-state index contributed by atoms with van der Waals surface area (Å²) in [5.74, 6) is 0. The van der Waals surface area contributed by atoms with E-state index in [1.807, 2.05) is 13.4 Å². The van der Waals surface area contributed by atoms with Gasteiger partial charge in [0.1, 0.15) is 5.69 Å². The molecule has 0 unspecified atom stereocenters. The Hall–Kier alpha value is -1.74. The number of aromatic nitrogens is 2. The van der Waals surface area contributed by atoms with Crippen LogP contribution in [0.3, 0.4) is 0 Å². The summed E-state index contributed by atoms with van der Waals surface area (Å²) in [6.07, 6.45) is 1.89. The van der Waals surface area contributed by atoms with E-state index in [1.54, 1.807) is 11.3 Å². The van der Waals surface area contributed by atoms with E-state index in [9.17, 15) is 0 Å². The van der Waals surface area contributed by atoms with Crippen LogP contribution in [0.25, 0.3) is 21.5 Å². The van der Waals surface area contributed by atoms with Gasteiger partial charge in [0.2, 0.25) is 4.83 Å². The van der Waals surface area contributed by atoms with Gasteiger partial charge in [-0.05, 0) is 28.9 Å². The zero-order chi connectivity index (χ0) is 11.8. The highest BCUT2D eigenvalue weighted by molar-refractivity contribution is 7.16. The highest BCUT2D eigenvalue weighted by Crippen LogP contribution is 2.28. The van der Waals surface area contributed by atoms with Gasteiger partial charge >= 0.3 is 0 Å². The topological polar surface area (TPSA) is 16.8 Å². The zero-order valence-corrected chi connectivity index (χ0v) is 10.7. The molecule has 2 heterocycles. The van der Waals surface area contributed by atoms with Crippen molar-refractivity contribution < 1.29 is 4.57 Å². The third kappa shape index (κ3) is 1.63. The molecule has 3 rings (SSSR count). The Morgan fingerprint density at radius 3 is 2.82 bits per heavy atom. The smallest absolute Gasteiger partial charge is 0.232 e. The molecular weight excluding hydrogens is 228 g/mol. The molecule has 0 N–H and O–H groups in total. The van der Waals surface area contributed by atoms with E-state index in [0.29, 0.717) is 0 Å². The summed E-state index contributed by atoms with van der Waals surface area (Å²) in [6.45, 7) is 2.15. The molecule has 2 nitrogen and oxygen atoms in total. The van der Waals surface area contributed by atoms with Crippen LogP contribution in [-0.4, -0.2) is 4.98 Å². The average Bonchev–Trinajstić information content (AvgIpc) is 2.79. The van der Waals surface area contributed by atoms with Crippen molar-refractivity contribution >= 4 is 21.6 Å². The molecule has 0 fully saturated rings. The van der Waals surface area contributed by atoms with Crippen molar-refractivity contribution in [2.75, 3.05) is 0 Å². The fourth-order valence-corrected chi connectivity index (χ4v) is 2.87. The molecule has 0 saturated carbocycles. The highest BCUT2D eigenvalue weighted by Gasteiger charge is 2.16. The summed E-state index contributed by atoms with van der Waals surface area (Å²) in [7, 11) is 2.05. The van der Waals surface area contributed by atoms with Gasteiger partial charge in [-0.1, -0.05) is 35.6 Å². The third-order valence-electron chi connectivity index (χ3n) is 3.00. The van der Waals surface area contributed by atoms with Gasteiger partial charge in [0, 0.05) is 5.56 Å². The number of thiophene rings is 1. The van der Waals surface area contributed by atoms with Crippen LogP contribution in [0.2, 0.25) is 0 Å². The Balaban J connectivity index is 2.40. The second kappa shape index (κ2) is 3.93. The van der Waals surface area contributed by atoms with E-state index in [1.165, 1.54) is 22.2 Å². The number of nitrogens with zero attached hydrogens (tertiary/aromatic N) is 2. The first kappa shape index (κ1) is 10.4. The summed E-state index contributed by atoms with van der Waals surface area (Å²) >= 11 is 1.69. The van der Waals surface area contributed by atoms with E-state index >= 15 is 0 Å². The number of hydrogen-bond acceptors (Lipinski definition) is 2. The van der Waals surface area contributed by atoms with Crippen LogP contribution in [0.1, 0.15) is 5.56 Å². The molecule has 0 aliphatic heterocycles. The number of fused-ring (bicyclic) bond motifs is 1. The summed E-state index contributed by atoms with van der Waals surface area (Å²) in [5.41, 5.74) is 3.82. The normalized spacial score (nSPS) is 10.9. The molecule has 3 heteroatoms. The first-order valence-electron chi connectivity index (χ1n) is 5.55. The van der Waals surface area contributed by atoms with E-state index in [-0.39, 0.29) is 0 Å². The minimum Gasteiger partial charge on any atom is -0.232 e. The Morgan fingerprint density at radius 1 is 1.18 bits per heavy atom. The zero-order valence-electron chi connectivity index (χ0n) is 9.84. The number of aryl methyl sites for hydroxylation is 2. The number of rotatable bonds is 1. The molecule has 0 bridgehead atoms. The van der Waals surface area contributed by atoms with Gasteiger partial charge in [0.15, 0.2) is 0 Å². The van der Waals surface area contributed by atoms with Crippen molar-refractivity contribution in [1.82, 2.24) is 4.98 Å². The number of benzene rings is 1. The molecule has 0 aliphatic carbocycles. The van der Waals surface area contributed by atoms with Gasteiger partial charge in [0.05, 0.1) is 12.4 Å². The Kier molecular flexibility index (Phi) is 2.41. The van der Waals surface area contributed by atoms with Crippen LogP contribution >= 0.6 is 11.3 Å². The van der Waals surface area contributed by atoms with Crippen molar-refractivity contribution in [1.29, 1.82) is 0 Å². The average molecular weight is 241 g/mol. The van der Waals surface area contributed by atoms with Crippen LogP contribution in [0.15, 0.2) is 42.0 Å². The van der Waals surface area contributed by atoms with E-state index in [2.05, 4.69) is 52.2 Å². The van der Waals surface area contributed by atoms with Crippen molar-refractivity contribution in [3.63, 3.8) is 0 Å². The van der Waals surface area contributed by atoms with E-state index < -0.39 is 0 Å². The maximum absolute atomic E-state index is 4.44. The molecule has 0 spiro atoms. The van der Waals surface area contributed by atoms with E-state index in [4.69, 9.17) is 0 Å². The van der Waals surface area contributed by atoms with Gasteiger partial charge in [-0.3, -0.25) is 0 Å². The first-order valence-corrected chi connectivity index (χ1v) is 6.43. The molecule has 0 aliphatic rings. The van der Waals surface area contributed by atoms with Crippen LogP contribution in [-0.2, 0) is 7.05 Å². The Morgan fingerprint density at radius 2 is 2.00 bits per heavy atom. The van der Waals surface area contributed by atoms with Crippen molar-refractivity contribution in [2.45, 2.75) is 6.92 Å². The predicted molar refractivity (Wildman–Crippen MR) is 71.0 cm³/mol.